The molecule has 0 fully saturated rings. The zero-order chi connectivity index (χ0) is 12.3. The zero-order valence-corrected chi connectivity index (χ0v) is 10.8. The first-order valence-electron chi connectivity index (χ1n) is 5.62. The van der Waals surface area contributed by atoms with Gasteiger partial charge < -0.3 is 0 Å². The maximum atomic E-state index is 8.86. The number of aryl methyl sites for hydroxylation is 3. The van der Waals surface area contributed by atoms with E-state index in [2.05, 4.69) is 43.9 Å². The van der Waals surface area contributed by atoms with E-state index in [1.165, 1.54) is 22.3 Å². The topological polar surface area (TPSA) is 27.0 Å². The van der Waals surface area contributed by atoms with Gasteiger partial charge in [-0.15, -0.1) is 0 Å². The Morgan fingerprint density at radius 2 is 1.75 bits per heavy atom. The van der Waals surface area contributed by atoms with Crippen molar-refractivity contribution in [1.29, 1.82) is 5.26 Å². The van der Waals surface area contributed by atoms with Gasteiger partial charge in [0.15, 0.2) is 0 Å². The summed E-state index contributed by atoms with van der Waals surface area (Å²) in [6.45, 7) is 9.16. The molecular weight excluding hydrogens is 196 g/mol. The number of hydrogen-bond acceptors (Lipinski definition) is 2. The van der Waals surface area contributed by atoms with E-state index in [-0.39, 0.29) is 6.04 Å². The van der Waals surface area contributed by atoms with E-state index in [0.717, 1.165) is 6.54 Å². The highest BCUT2D eigenvalue weighted by molar-refractivity contribution is 5.36. The van der Waals surface area contributed by atoms with Crippen LogP contribution in [0.25, 0.3) is 0 Å². The lowest BCUT2D eigenvalue weighted by molar-refractivity contribution is 0.294. The SMILES string of the molecule is Cc1cc(C)c(CN(C)C(C)C#N)cc1C. The third-order valence-corrected chi connectivity index (χ3v) is 3.22. The molecule has 0 spiro atoms. The minimum absolute atomic E-state index is 0.0407. The average Bonchev–Trinajstić information content (AvgIpc) is 2.24. The van der Waals surface area contributed by atoms with Crippen LogP contribution in [0.2, 0.25) is 0 Å². The minimum Gasteiger partial charge on any atom is -0.287 e. The predicted octanol–water partition coefficient (Wildman–Crippen LogP) is 2.96. The summed E-state index contributed by atoms with van der Waals surface area (Å²) < 4.78 is 0. The normalized spacial score (nSPS) is 12.6. The first-order valence-corrected chi connectivity index (χ1v) is 5.62. The molecule has 0 saturated carbocycles. The van der Waals surface area contributed by atoms with Crippen LogP contribution in [0.1, 0.15) is 29.2 Å². The molecule has 1 unspecified atom stereocenters. The fourth-order valence-corrected chi connectivity index (χ4v) is 1.69. The van der Waals surface area contributed by atoms with E-state index in [4.69, 9.17) is 5.26 Å². The van der Waals surface area contributed by atoms with E-state index in [1.807, 2.05) is 14.0 Å². The van der Waals surface area contributed by atoms with Gasteiger partial charge in [0.1, 0.15) is 0 Å². The molecule has 1 rings (SSSR count). The van der Waals surface area contributed by atoms with E-state index in [1.54, 1.807) is 0 Å². The Bertz CT molecular complexity index is 415. The molecule has 0 N–H and O–H groups in total. The Hall–Kier alpha value is -1.33. The summed E-state index contributed by atoms with van der Waals surface area (Å²) in [4.78, 5) is 2.07. The van der Waals surface area contributed by atoms with Crippen molar-refractivity contribution in [1.82, 2.24) is 4.90 Å². The molecule has 2 heteroatoms. The van der Waals surface area contributed by atoms with Crippen LogP contribution >= 0.6 is 0 Å². The second-order valence-electron chi connectivity index (χ2n) is 4.58. The Kier molecular flexibility index (Phi) is 4.09. The summed E-state index contributed by atoms with van der Waals surface area (Å²) in [5.74, 6) is 0. The van der Waals surface area contributed by atoms with E-state index in [0.29, 0.717) is 0 Å². The van der Waals surface area contributed by atoms with Crippen molar-refractivity contribution in [3.63, 3.8) is 0 Å². The van der Waals surface area contributed by atoms with Crippen LogP contribution in [-0.2, 0) is 6.54 Å². The maximum absolute atomic E-state index is 8.86. The fourth-order valence-electron chi connectivity index (χ4n) is 1.69. The van der Waals surface area contributed by atoms with Crippen molar-refractivity contribution < 1.29 is 0 Å². The molecule has 1 aromatic rings. The van der Waals surface area contributed by atoms with Gasteiger partial charge in [0.25, 0.3) is 0 Å². The van der Waals surface area contributed by atoms with Crippen molar-refractivity contribution in [3.8, 4) is 6.07 Å². The number of nitriles is 1. The van der Waals surface area contributed by atoms with Crippen molar-refractivity contribution in [3.05, 3.63) is 34.4 Å². The van der Waals surface area contributed by atoms with E-state index in [9.17, 15) is 0 Å². The summed E-state index contributed by atoms with van der Waals surface area (Å²) in [6, 6.07) is 6.66. The molecule has 0 aromatic heterocycles. The van der Waals surface area contributed by atoms with Crippen molar-refractivity contribution in [2.24, 2.45) is 0 Å². The molecular formula is C14H20N2. The van der Waals surface area contributed by atoms with Gasteiger partial charge in [0, 0.05) is 6.54 Å². The number of rotatable bonds is 3. The minimum atomic E-state index is -0.0407. The van der Waals surface area contributed by atoms with Gasteiger partial charge >= 0.3 is 0 Å². The number of benzene rings is 1. The molecule has 0 heterocycles. The molecule has 1 atom stereocenters. The third kappa shape index (κ3) is 2.84. The molecule has 0 amide bonds. The van der Waals surface area contributed by atoms with Gasteiger partial charge in [-0.2, -0.15) is 5.26 Å². The summed E-state index contributed by atoms with van der Waals surface area (Å²) in [5.41, 5.74) is 5.27. The second-order valence-corrected chi connectivity index (χ2v) is 4.58. The monoisotopic (exact) mass is 216 g/mol. The molecule has 86 valence electrons. The first-order chi connectivity index (χ1) is 7.45. The number of nitrogens with zero attached hydrogens (tertiary/aromatic N) is 2. The molecule has 2 nitrogen and oxygen atoms in total. The molecule has 16 heavy (non-hydrogen) atoms. The quantitative estimate of drug-likeness (QED) is 0.776. The highest BCUT2D eigenvalue weighted by Gasteiger charge is 2.10. The smallest absolute Gasteiger partial charge is 0.0949 e. The standard InChI is InChI=1S/C14H20N2/c1-10-6-12(3)14(7-11(10)2)9-16(5)13(4)8-15/h6-7,13H,9H2,1-5H3. The molecule has 1 aromatic carbocycles. The second kappa shape index (κ2) is 5.14. The van der Waals surface area contributed by atoms with Crippen LogP contribution in [0.5, 0.6) is 0 Å². The highest BCUT2D eigenvalue weighted by atomic mass is 15.1. The zero-order valence-electron chi connectivity index (χ0n) is 10.8. The summed E-state index contributed by atoms with van der Waals surface area (Å²) in [5, 5.41) is 8.86. The Morgan fingerprint density at radius 3 is 2.31 bits per heavy atom. The van der Waals surface area contributed by atoms with Gasteiger partial charge in [-0.25, -0.2) is 0 Å². The van der Waals surface area contributed by atoms with Crippen LogP contribution in [-0.4, -0.2) is 18.0 Å². The summed E-state index contributed by atoms with van der Waals surface area (Å²) in [7, 11) is 1.99. The maximum Gasteiger partial charge on any atom is 0.0949 e. The molecule has 0 aliphatic heterocycles. The lowest BCUT2D eigenvalue weighted by Crippen LogP contribution is -2.27. The fraction of sp³-hybridized carbons (Fsp3) is 0.500. The van der Waals surface area contributed by atoms with Crippen molar-refractivity contribution in [2.45, 2.75) is 40.3 Å². The molecule has 0 bridgehead atoms. The van der Waals surface area contributed by atoms with Crippen LogP contribution in [0.3, 0.4) is 0 Å². The highest BCUT2D eigenvalue weighted by Crippen LogP contribution is 2.17. The van der Waals surface area contributed by atoms with Gasteiger partial charge in [0.2, 0.25) is 0 Å². The van der Waals surface area contributed by atoms with Gasteiger partial charge in [-0.1, -0.05) is 12.1 Å². The van der Waals surface area contributed by atoms with Crippen LogP contribution in [0, 0.1) is 32.1 Å². The number of hydrogen-bond donors (Lipinski definition) is 0. The van der Waals surface area contributed by atoms with Crippen LogP contribution < -0.4 is 0 Å². The lowest BCUT2D eigenvalue weighted by Gasteiger charge is -2.20. The van der Waals surface area contributed by atoms with Crippen molar-refractivity contribution in [2.75, 3.05) is 7.05 Å². The Balaban J connectivity index is 2.90. The first kappa shape index (κ1) is 12.7. The van der Waals surface area contributed by atoms with E-state index >= 15 is 0 Å². The van der Waals surface area contributed by atoms with Gasteiger partial charge in [-0.3, -0.25) is 4.90 Å². The van der Waals surface area contributed by atoms with Gasteiger partial charge in [-0.05, 0) is 57.0 Å². The predicted molar refractivity (Wildman–Crippen MR) is 67.2 cm³/mol. The third-order valence-electron chi connectivity index (χ3n) is 3.22. The van der Waals surface area contributed by atoms with E-state index < -0.39 is 0 Å². The largest absolute Gasteiger partial charge is 0.287 e. The summed E-state index contributed by atoms with van der Waals surface area (Å²) >= 11 is 0. The Labute approximate surface area is 98.5 Å². The lowest BCUT2D eigenvalue weighted by atomic mass is 10.0. The molecule has 0 radical (unpaired) electrons. The van der Waals surface area contributed by atoms with Crippen LogP contribution in [0.4, 0.5) is 0 Å². The Morgan fingerprint density at radius 1 is 1.19 bits per heavy atom. The average molecular weight is 216 g/mol. The summed E-state index contributed by atoms with van der Waals surface area (Å²) in [6.07, 6.45) is 0. The van der Waals surface area contributed by atoms with Crippen LogP contribution in [0.15, 0.2) is 12.1 Å². The van der Waals surface area contributed by atoms with Gasteiger partial charge in [0.05, 0.1) is 12.1 Å². The molecule has 0 saturated heterocycles. The molecule has 0 aliphatic rings. The molecule has 0 aliphatic carbocycles. The van der Waals surface area contributed by atoms with Crippen molar-refractivity contribution >= 4 is 0 Å².